The van der Waals surface area contributed by atoms with Crippen molar-refractivity contribution in [2.24, 2.45) is 0 Å². The number of piperidine rings is 1. The van der Waals surface area contributed by atoms with Gasteiger partial charge >= 0.3 is 6.03 Å². The minimum Gasteiger partial charge on any atom is -0.325 e. The first-order valence-corrected chi connectivity index (χ1v) is 7.47. The van der Waals surface area contributed by atoms with Gasteiger partial charge in [-0.2, -0.15) is 0 Å². The number of rotatable bonds is 3. The molecule has 18 heavy (non-hydrogen) atoms. The molecule has 2 amide bonds. The molecule has 1 unspecified atom stereocenters. The molecule has 2 aliphatic heterocycles. The zero-order valence-corrected chi connectivity index (χ0v) is 11.8. The van der Waals surface area contributed by atoms with Gasteiger partial charge in [0, 0.05) is 31.7 Å². The van der Waals surface area contributed by atoms with Crippen molar-refractivity contribution in [2.45, 2.75) is 58.0 Å². The first kappa shape index (κ1) is 13.7. The van der Waals surface area contributed by atoms with Crippen molar-refractivity contribution in [3.05, 3.63) is 0 Å². The van der Waals surface area contributed by atoms with Gasteiger partial charge in [0.05, 0.1) is 0 Å². The van der Waals surface area contributed by atoms with E-state index in [-0.39, 0.29) is 6.03 Å². The van der Waals surface area contributed by atoms with Crippen molar-refractivity contribution in [3.63, 3.8) is 0 Å². The molecule has 104 valence electrons. The summed E-state index contributed by atoms with van der Waals surface area (Å²) in [6.07, 6.45) is 6.05. The van der Waals surface area contributed by atoms with Gasteiger partial charge in [0.2, 0.25) is 0 Å². The van der Waals surface area contributed by atoms with Crippen molar-refractivity contribution in [1.29, 1.82) is 0 Å². The fourth-order valence-corrected chi connectivity index (χ4v) is 2.93. The van der Waals surface area contributed by atoms with Crippen molar-refractivity contribution in [1.82, 2.24) is 15.1 Å². The van der Waals surface area contributed by atoms with Gasteiger partial charge in [0.25, 0.3) is 0 Å². The smallest absolute Gasteiger partial charge is 0.320 e. The Bertz CT molecular complexity index is 268. The molecule has 0 radical (unpaired) electrons. The molecule has 0 spiro atoms. The standard InChI is InChI=1S/C14H27N3O/c1-12(2)17(11-13-7-6-8-15-13)14(18)16-9-4-3-5-10-16/h12-13,15H,3-11H2,1-2H3. The normalized spacial score (nSPS) is 24.6. The van der Waals surface area contributed by atoms with Crippen LogP contribution in [0.1, 0.15) is 46.0 Å². The van der Waals surface area contributed by atoms with Gasteiger partial charge in [-0.25, -0.2) is 4.79 Å². The van der Waals surface area contributed by atoms with Crippen LogP contribution in [-0.4, -0.2) is 54.1 Å². The molecule has 1 N–H and O–H groups in total. The maximum Gasteiger partial charge on any atom is 0.320 e. The van der Waals surface area contributed by atoms with E-state index < -0.39 is 0 Å². The maximum absolute atomic E-state index is 12.6. The Morgan fingerprint density at radius 1 is 1.28 bits per heavy atom. The average Bonchev–Trinajstić information content (AvgIpc) is 2.89. The number of nitrogens with zero attached hydrogens (tertiary/aromatic N) is 2. The van der Waals surface area contributed by atoms with Gasteiger partial charge in [0.15, 0.2) is 0 Å². The molecule has 4 heteroatoms. The summed E-state index contributed by atoms with van der Waals surface area (Å²) in [6, 6.07) is 1.04. The van der Waals surface area contributed by atoms with Gasteiger partial charge in [-0.15, -0.1) is 0 Å². The van der Waals surface area contributed by atoms with E-state index in [4.69, 9.17) is 0 Å². The van der Waals surface area contributed by atoms with Gasteiger partial charge in [-0.3, -0.25) is 0 Å². The van der Waals surface area contributed by atoms with E-state index in [1.807, 2.05) is 9.80 Å². The highest BCUT2D eigenvalue weighted by Crippen LogP contribution is 2.15. The summed E-state index contributed by atoms with van der Waals surface area (Å²) in [5, 5.41) is 3.49. The zero-order valence-electron chi connectivity index (χ0n) is 11.8. The van der Waals surface area contributed by atoms with Crippen LogP contribution in [0.4, 0.5) is 4.79 Å². The Balaban J connectivity index is 1.92. The predicted molar refractivity (Wildman–Crippen MR) is 73.7 cm³/mol. The number of carbonyl (C=O) groups is 1. The van der Waals surface area contributed by atoms with Crippen LogP contribution in [0.3, 0.4) is 0 Å². The second kappa shape index (κ2) is 6.41. The van der Waals surface area contributed by atoms with Crippen molar-refractivity contribution in [3.8, 4) is 0 Å². The van der Waals surface area contributed by atoms with Crippen LogP contribution in [0.25, 0.3) is 0 Å². The molecule has 2 heterocycles. The number of hydrogen-bond acceptors (Lipinski definition) is 2. The molecule has 2 fully saturated rings. The summed E-state index contributed by atoms with van der Waals surface area (Å²) < 4.78 is 0. The minimum atomic E-state index is 0.249. The number of hydrogen-bond donors (Lipinski definition) is 1. The first-order chi connectivity index (χ1) is 8.68. The third kappa shape index (κ3) is 3.37. The summed E-state index contributed by atoms with van der Waals surface area (Å²) in [6.45, 7) is 8.11. The molecule has 0 aliphatic carbocycles. The number of carbonyl (C=O) groups excluding carboxylic acids is 1. The molecule has 4 nitrogen and oxygen atoms in total. The summed E-state index contributed by atoms with van der Waals surface area (Å²) >= 11 is 0. The van der Waals surface area contributed by atoms with Crippen LogP contribution in [0.15, 0.2) is 0 Å². The molecule has 0 aromatic carbocycles. The number of likely N-dealkylation sites (tertiary alicyclic amines) is 1. The van der Waals surface area contributed by atoms with E-state index in [9.17, 15) is 4.79 Å². The molecular formula is C14H27N3O. The molecule has 2 rings (SSSR count). The molecule has 2 saturated heterocycles. The third-order valence-corrected chi connectivity index (χ3v) is 4.08. The van der Waals surface area contributed by atoms with Gasteiger partial charge in [0.1, 0.15) is 0 Å². The summed E-state index contributed by atoms with van der Waals surface area (Å²) in [5.41, 5.74) is 0. The van der Waals surface area contributed by atoms with Crippen molar-refractivity contribution < 1.29 is 4.79 Å². The van der Waals surface area contributed by atoms with E-state index in [1.54, 1.807) is 0 Å². The van der Waals surface area contributed by atoms with Crippen molar-refractivity contribution in [2.75, 3.05) is 26.2 Å². The highest BCUT2D eigenvalue weighted by atomic mass is 16.2. The molecule has 0 aromatic heterocycles. The highest BCUT2D eigenvalue weighted by Gasteiger charge is 2.27. The quantitative estimate of drug-likeness (QED) is 0.835. The highest BCUT2D eigenvalue weighted by molar-refractivity contribution is 5.75. The summed E-state index contributed by atoms with van der Waals surface area (Å²) in [4.78, 5) is 16.6. The molecular weight excluding hydrogens is 226 g/mol. The van der Waals surface area contributed by atoms with Crippen LogP contribution in [0.5, 0.6) is 0 Å². The van der Waals surface area contributed by atoms with Crippen molar-refractivity contribution >= 4 is 6.03 Å². The van der Waals surface area contributed by atoms with E-state index in [0.717, 1.165) is 26.2 Å². The van der Waals surface area contributed by atoms with Crippen LogP contribution in [0, 0.1) is 0 Å². The van der Waals surface area contributed by atoms with Crippen LogP contribution >= 0.6 is 0 Å². The third-order valence-electron chi connectivity index (χ3n) is 4.08. The number of urea groups is 1. The predicted octanol–water partition coefficient (Wildman–Crippen LogP) is 2.05. The summed E-state index contributed by atoms with van der Waals surface area (Å²) in [7, 11) is 0. The topological polar surface area (TPSA) is 35.6 Å². The molecule has 1 atom stereocenters. The zero-order chi connectivity index (χ0) is 13.0. The molecule has 2 aliphatic rings. The summed E-state index contributed by atoms with van der Waals surface area (Å²) in [5.74, 6) is 0. The lowest BCUT2D eigenvalue weighted by Crippen LogP contribution is -2.51. The van der Waals surface area contributed by atoms with E-state index in [2.05, 4.69) is 19.2 Å². The van der Waals surface area contributed by atoms with Gasteiger partial charge in [-0.1, -0.05) is 0 Å². The Hall–Kier alpha value is -0.770. The lowest BCUT2D eigenvalue weighted by atomic mass is 10.1. The molecule has 0 saturated carbocycles. The number of amides is 2. The van der Waals surface area contributed by atoms with Crippen LogP contribution in [0.2, 0.25) is 0 Å². The van der Waals surface area contributed by atoms with E-state index >= 15 is 0 Å². The Morgan fingerprint density at radius 3 is 2.56 bits per heavy atom. The monoisotopic (exact) mass is 253 g/mol. The fourth-order valence-electron chi connectivity index (χ4n) is 2.93. The Morgan fingerprint density at radius 2 is 2.00 bits per heavy atom. The lowest BCUT2D eigenvalue weighted by molar-refractivity contribution is 0.127. The largest absolute Gasteiger partial charge is 0.325 e. The Labute approximate surface area is 111 Å². The van der Waals surface area contributed by atoms with Crippen LogP contribution < -0.4 is 5.32 Å². The first-order valence-electron chi connectivity index (χ1n) is 7.47. The second-order valence-electron chi connectivity index (χ2n) is 5.87. The molecule has 0 aromatic rings. The minimum absolute atomic E-state index is 0.249. The Kier molecular flexibility index (Phi) is 4.87. The van der Waals surface area contributed by atoms with E-state index in [1.165, 1.54) is 32.1 Å². The maximum atomic E-state index is 12.6. The fraction of sp³-hybridized carbons (Fsp3) is 0.929. The SMILES string of the molecule is CC(C)N(CC1CCCN1)C(=O)N1CCCCC1. The lowest BCUT2D eigenvalue weighted by Gasteiger charge is -2.36. The molecule has 0 bridgehead atoms. The van der Waals surface area contributed by atoms with E-state index in [0.29, 0.717) is 12.1 Å². The van der Waals surface area contributed by atoms with Gasteiger partial charge in [-0.05, 0) is 52.5 Å². The van der Waals surface area contributed by atoms with Crippen LogP contribution in [-0.2, 0) is 0 Å². The number of nitrogens with one attached hydrogen (secondary N) is 1. The average molecular weight is 253 g/mol. The second-order valence-corrected chi connectivity index (χ2v) is 5.87. The van der Waals surface area contributed by atoms with Gasteiger partial charge < -0.3 is 15.1 Å².